The second-order valence-electron chi connectivity index (χ2n) is 3.49. The fraction of sp³-hybridized carbons (Fsp3) is 0.400. The zero-order valence-electron chi connectivity index (χ0n) is 8.48. The first-order valence-electron chi connectivity index (χ1n) is 4.55. The van der Waals surface area contributed by atoms with Gasteiger partial charge in [-0.3, -0.25) is 10.1 Å². The largest absolute Gasteiger partial charge is 0.393 e. The van der Waals surface area contributed by atoms with Gasteiger partial charge in [-0.15, -0.1) is 0 Å². The highest BCUT2D eigenvalue weighted by Crippen LogP contribution is 2.29. The smallest absolute Gasteiger partial charge is 0.270 e. The fourth-order valence-corrected chi connectivity index (χ4v) is 1.61. The lowest BCUT2D eigenvalue weighted by Crippen LogP contribution is -2.11. The number of halogens is 1. The molecule has 5 heteroatoms. The van der Waals surface area contributed by atoms with Crippen LogP contribution < -0.4 is 0 Å². The number of benzene rings is 1. The molecule has 2 unspecified atom stereocenters. The molecular weight excluding hydrogens is 218 g/mol. The Bertz CT molecular complexity index is 379. The van der Waals surface area contributed by atoms with E-state index >= 15 is 0 Å². The van der Waals surface area contributed by atoms with Crippen molar-refractivity contribution in [3.05, 3.63) is 38.9 Å². The van der Waals surface area contributed by atoms with Crippen molar-refractivity contribution in [1.29, 1.82) is 0 Å². The third-order valence-corrected chi connectivity index (χ3v) is 2.74. The van der Waals surface area contributed by atoms with E-state index in [0.29, 0.717) is 5.02 Å². The minimum absolute atomic E-state index is 0.0402. The lowest BCUT2D eigenvalue weighted by Gasteiger charge is -2.16. The van der Waals surface area contributed by atoms with E-state index in [0.717, 1.165) is 5.56 Å². The number of aliphatic hydroxyl groups excluding tert-OH is 1. The van der Waals surface area contributed by atoms with Crippen LogP contribution >= 0.6 is 11.6 Å². The van der Waals surface area contributed by atoms with Gasteiger partial charge in [-0.2, -0.15) is 0 Å². The monoisotopic (exact) mass is 229 g/mol. The summed E-state index contributed by atoms with van der Waals surface area (Å²) in [4.78, 5) is 9.97. The number of nitro benzene ring substituents is 1. The Morgan fingerprint density at radius 1 is 1.47 bits per heavy atom. The Balaban J connectivity index is 3.08. The molecule has 1 N–H and O–H groups in total. The van der Waals surface area contributed by atoms with Gasteiger partial charge in [0.1, 0.15) is 0 Å². The zero-order chi connectivity index (χ0) is 11.6. The Morgan fingerprint density at radius 3 is 2.47 bits per heavy atom. The first kappa shape index (κ1) is 11.9. The van der Waals surface area contributed by atoms with Gasteiger partial charge in [-0.25, -0.2) is 0 Å². The molecule has 4 nitrogen and oxygen atoms in total. The number of aliphatic hydroxyl groups is 1. The maximum atomic E-state index is 10.5. The van der Waals surface area contributed by atoms with Crippen LogP contribution in [0.1, 0.15) is 25.3 Å². The maximum absolute atomic E-state index is 10.5. The van der Waals surface area contributed by atoms with Crippen LogP contribution in [0.2, 0.25) is 5.02 Å². The molecular formula is C10H12ClNO3. The fourth-order valence-electron chi connectivity index (χ4n) is 1.26. The average molecular weight is 230 g/mol. The number of hydrogen-bond acceptors (Lipinski definition) is 3. The Labute approximate surface area is 92.6 Å². The summed E-state index contributed by atoms with van der Waals surface area (Å²) in [7, 11) is 0. The molecule has 0 aliphatic heterocycles. The van der Waals surface area contributed by atoms with Gasteiger partial charge in [0.15, 0.2) is 0 Å². The van der Waals surface area contributed by atoms with Gasteiger partial charge in [-0.1, -0.05) is 24.6 Å². The SMILES string of the molecule is CC(O)C(C)c1ccc([N+](=O)[O-])cc1Cl. The number of nitrogens with zero attached hydrogens (tertiary/aromatic N) is 1. The lowest BCUT2D eigenvalue weighted by molar-refractivity contribution is -0.384. The van der Waals surface area contributed by atoms with E-state index in [1.807, 2.05) is 6.92 Å². The standard InChI is InChI=1S/C10H12ClNO3/c1-6(7(2)13)9-4-3-8(12(14)15)5-10(9)11/h3-7,13H,1-2H3. The van der Waals surface area contributed by atoms with E-state index in [9.17, 15) is 15.2 Å². The molecule has 0 aliphatic rings. The molecule has 82 valence electrons. The van der Waals surface area contributed by atoms with Gasteiger partial charge in [-0.05, 0) is 12.5 Å². The molecule has 0 amide bonds. The molecule has 2 atom stereocenters. The van der Waals surface area contributed by atoms with Gasteiger partial charge in [0, 0.05) is 18.1 Å². The summed E-state index contributed by atoms with van der Waals surface area (Å²) in [5.74, 6) is -0.140. The normalized spacial score (nSPS) is 14.7. The lowest BCUT2D eigenvalue weighted by atomic mass is 9.96. The summed E-state index contributed by atoms with van der Waals surface area (Å²) in [6.45, 7) is 3.47. The van der Waals surface area contributed by atoms with Crippen molar-refractivity contribution in [2.75, 3.05) is 0 Å². The Kier molecular flexibility index (Phi) is 3.66. The van der Waals surface area contributed by atoms with Crippen molar-refractivity contribution in [2.45, 2.75) is 25.9 Å². The molecule has 0 fully saturated rings. The van der Waals surface area contributed by atoms with Crippen molar-refractivity contribution in [3.8, 4) is 0 Å². The molecule has 0 bridgehead atoms. The molecule has 0 saturated carbocycles. The quantitative estimate of drug-likeness (QED) is 0.640. The van der Waals surface area contributed by atoms with Crippen molar-refractivity contribution < 1.29 is 10.0 Å². The molecule has 0 aliphatic carbocycles. The van der Waals surface area contributed by atoms with Gasteiger partial charge < -0.3 is 5.11 Å². The van der Waals surface area contributed by atoms with Crippen LogP contribution in [-0.4, -0.2) is 16.1 Å². The van der Waals surface area contributed by atoms with Crippen molar-refractivity contribution in [2.24, 2.45) is 0 Å². The Morgan fingerprint density at radius 2 is 2.07 bits per heavy atom. The van der Waals surface area contributed by atoms with Crippen LogP contribution in [0.25, 0.3) is 0 Å². The molecule has 1 aromatic carbocycles. The van der Waals surface area contributed by atoms with Gasteiger partial charge in [0.05, 0.1) is 16.0 Å². The third-order valence-electron chi connectivity index (χ3n) is 2.41. The van der Waals surface area contributed by atoms with Crippen LogP contribution in [-0.2, 0) is 0 Å². The Hall–Kier alpha value is -1.13. The molecule has 0 spiro atoms. The van der Waals surface area contributed by atoms with Crippen LogP contribution in [0.15, 0.2) is 18.2 Å². The van der Waals surface area contributed by atoms with Gasteiger partial charge in [0.2, 0.25) is 0 Å². The van der Waals surface area contributed by atoms with E-state index in [4.69, 9.17) is 11.6 Å². The van der Waals surface area contributed by atoms with Crippen molar-refractivity contribution in [3.63, 3.8) is 0 Å². The minimum atomic E-state index is -0.538. The summed E-state index contributed by atoms with van der Waals surface area (Å²) >= 11 is 5.90. The van der Waals surface area contributed by atoms with E-state index in [1.165, 1.54) is 12.1 Å². The predicted molar refractivity (Wildman–Crippen MR) is 58.2 cm³/mol. The van der Waals surface area contributed by atoms with Crippen molar-refractivity contribution in [1.82, 2.24) is 0 Å². The summed E-state index contributed by atoms with van der Waals surface area (Å²) < 4.78 is 0. The van der Waals surface area contributed by atoms with Gasteiger partial charge >= 0.3 is 0 Å². The van der Waals surface area contributed by atoms with Crippen LogP contribution in [0.4, 0.5) is 5.69 Å². The molecule has 0 heterocycles. The molecule has 15 heavy (non-hydrogen) atoms. The number of nitro groups is 1. The van der Waals surface area contributed by atoms with E-state index in [-0.39, 0.29) is 11.6 Å². The van der Waals surface area contributed by atoms with E-state index < -0.39 is 11.0 Å². The van der Waals surface area contributed by atoms with Crippen molar-refractivity contribution >= 4 is 17.3 Å². The first-order chi connectivity index (χ1) is 6.93. The maximum Gasteiger partial charge on any atom is 0.270 e. The average Bonchev–Trinajstić information content (AvgIpc) is 2.16. The summed E-state index contributed by atoms with van der Waals surface area (Å²) in [6.07, 6.45) is -0.538. The molecule has 0 radical (unpaired) electrons. The second kappa shape index (κ2) is 4.59. The number of rotatable bonds is 3. The topological polar surface area (TPSA) is 63.4 Å². The van der Waals surface area contributed by atoms with E-state index in [2.05, 4.69) is 0 Å². The van der Waals surface area contributed by atoms with Crippen LogP contribution in [0.3, 0.4) is 0 Å². The number of non-ortho nitro benzene ring substituents is 1. The molecule has 0 aromatic heterocycles. The second-order valence-corrected chi connectivity index (χ2v) is 3.90. The van der Waals surface area contributed by atoms with E-state index in [1.54, 1.807) is 13.0 Å². The predicted octanol–water partition coefficient (Wildman–Crippen LogP) is 2.73. The zero-order valence-corrected chi connectivity index (χ0v) is 9.23. The van der Waals surface area contributed by atoms with Crippen LogP contribution in [0, 0.1) is 10.1 Å². The van der Waals surface area contributed by atoms with Crippen LogP contribution in [0.5, 0.6) is 0 Å². The molecule has 0 saturated heterocycles. The minimum Gasteiger partial charge on any atom is -0.393 e. The molecule has 1 rings (SSSR count). The van der Waals surface area contributed by atoms with Gasteiger partial charge in [0.25, 0.3) is 5.69 Å². The highest BCUT2D eigenvalue weighted by Gasteiger charge is 2.17. The summed E-state index contributed by atoms with van der Waals surface area (Å²) in [5, 5.41) is 20.2. The first-order valence-corrected chi connectivity index (χ1v) is 4.93. The third kappa shape index (κ3) is 2.67. The summed E-state index contributed by atoms with van der Waals surface area (Å²) in [6, 6.07) is 4.27. The molecule has 1 aromatic rings. The highest BCUT2D eigenvalue weighted by molar-refractivity contribution is 6.31. The summed E-state index contributed by atoms with van der Waals surface area (Å²) in [5.41, 5.74) is 0.679. The number of hydrogen-bond donors (Lipinski definition) is 1. The highest BCUT2D eigenvalue weighted by atomic mass is 35.5.